The Morgan fingerprint density at radius 2 is 2.13 bits per heavy atom. The monoisotopic (exact) mass is 203 g/mol. The molecule has 2 aromatic rings. The van der Waals surface area contributed by atoms with Crippen molar-refractivity contribution in [2.45, 2.75) is 6.92 Å². The van der Waals surface area contributed by atoms with Crippen LogP contribution in [0.15, 0.2) is 30.3 Å². The Bertz CT molecular complexity index is 476. The first-order valence-corrected chi connectivity index (χ1v) is 4.67. The molecule has 0 radical (unpaired) electrons. The molecular formula is C11H13N3O. The van der Waals surface area contributed by atoms with Crippen molar-refractivity contribution >= 4 is 5.82 Å². The van der Waals surface area contributed by atoms with Crippen LogP contribution in [0.1, 0.15) is 5.69 Å². The highest BCUT2D eigenvalue weighted by Crippen LogP contribution is 2.18. The van der Waals surface area contributed by atoms with Crippen molar-refractivity contribution in [3.8, 4) is 11.4 Å². The SMILES string of the molecule is COc1cccc(-n2nc(C)cc2N)c1. The van der Waals surface area contributed by atoms with E-state index in [4.69, 9.17) is 10.5 Å². The maximum Gasteiger partial charge on any atom is 0.127 e. The maximum atomic E-state index is 5.82. The maximum absolute atomic E-state index is 5.82. The molecule has 0 unspecified atom stereocenters. The summed E-state index contributed by atoms with van der Waals surface area (Å²) < 4.78 is 6.83. The molecule has 0 atom stereocenters. The number of hydrogen-bond acceptors (Lipinski definition) is 3. The van der Waals surface area contributed by atoms with Crippen LogP contribution in [0, 0.1) is 6.92 Å². The van der Waals surface area contributed by atoms with Crippen LogP contribution in [-0.2, 0) is 0 Å². The predicted octanol–water partition coefficient (Wildman–Crippen LogP) is 1.77. The molecule has 2 rings (SSSR count). The molecular weight excluding hydrogens is 190 g/mol. The van der Waals surface area contributed by atoms with E-state index in [0.717, 1.165) is 17.1 Å². The third-order valence-corrected chi connectivity index (χ3v) is 2.16. The van der Waals surface area contributed by atoms with Crippen LogP contribution < -0.4 is 10.5 Å². The first kappa shape index (κ1) is 9.58. The van der Waals surface area contributed by atoms with E-state index in [1.165, 1.54) is 0 Å². The molecule has 0 aliphatic rings. The average molecular weight is 203 g/mol. The molecule has 0 amide bonds. The van der Waals surface area contributed by atoms with Crippen LogP contribution in [0.3, 0.4) is 0 Å². The minimum Gasteiger partial charge on any atom is -0.497 e. The number of ether oxygens (including phenoxy) is 1. The van der Waals surface area contributed by atoms with E-state index in [1.54, 1.807) is 11.8 Å². The van der Waals surface area contributed by atoms with Gasteiger partial charge in [-0.2, -0.15) is 5.10 Å². The zero-order valence-corrected chi connectivity index (χ0v) is 8.77. The average Bonchev–Trinajstić information content (AvgIpc) is 2.58. The standard InChI is InChI=1S/C11H13N3O/c1-8-6-11(12)14(13-8)9-4-3-5-10(7-9)15-2/h3-7H,12H2,1-2H3. The summed E-state index contributed by atoms with van der Waals surface area (Å²) in [5, 5.41) is 4.29. The number of nitrogens with two attached hydrogens (primary N) is 1. The van der Waals surface area contributed by atoms with Gasteiger partial charge in [0.2, 0.25) is 0 Å². The molecule has 0 aliphatic carbocycles. The Kier molecular flexibility index (Phi) is 2.33. The van der Waals surface area contributed by atoms with Gasteiger partial charge in [0.15, 0.2) is 0 Å². The van der Waals surface area contributed by atoms with Crippen molar-refractivity contribution in [1.29, 1.82) is 0 Å². The summed E-state index contributed by atoms with van der Waals surface area (Å²) >= 11 is 0. The number of aromatic nitrogens is 2. The number of hydrogen-bond donors (Lipinski definition) is 1. The van der Waals surface area contributed by atoms with Gasteiger partial charge in [-0.05, 0) is 19.1 Å². The van der Waals surface area contributed by atoms with E-state index >= 15 is 0 Å². The molecule has 0 spiro atoms. The molecule has 1 aromatic carbocycles. The number of methoxy groups -OCH3 is 1. The number of nitrogens with zero attached hydrogens (tertiary/aromatic N) is 2. The highest BCUT2D eigenvalue weighted by Gasteiger charge is 2.04. The summed E-state index contributed by atoms with van der Waals surface area (Å²) in [6, 6.07) is 9.45. The van der Waals surface area contributed by atoms with Crippen LogP contribution in [-0.4, -0.2) is 16.9 Å². The Hall–Kier alpha value is -1.97. The summed E-state index contributed by atoms with van der Waals surface area (Å²) in [7, 11) is 1.64. The molecule has 0 fully saturated rings. The molecule has 1 heterocycles. The second-order valence-corrected chi connectivity index (χ2v) is 3.32. The highest BCUT2D eigenvalue weighted by atomic mass is 16.5. The van der Waals surface area contributed by atoms with Crippen LogP contribution in [0.5, 0.6) is 5.75 Å². The number of nitrogen functional groups attached to an aromatic ring is 1. The summed E-state index contributed by atoms with van der Waals surface area (Å²) in [6.45, 7) is 1.91. The Balaban J connectivity index is 2.49. The number of anilines is 1. The van der Waals surface area contributed by atoms with Crippen LogP contribution in [0.25, 0.3) is 5.69 Å². The van der Waals surface area contributed by atoms with Gasteiger partial charge in [-0.25, -0.2) is 4.68 Å². The number of benzene rings is 1. The topological polar surface area (TPSA) is 53.1 Å². The van der Waals surface area contributed by atoms with Crippen molar-refractivity contribution in [3.05, 3.63) is 36.0 Å². The fraction of sp³-hybridized carbons (Fsp3) is 0.182. The summed E-state index contributed by atoms with van der Waals surface area (Å²) in [5.41, 5.74) is 7.63. The molecule has 0 saturated carbocycles. The molecule has 78 valence electrons. The fourth-order valence-corrected chi connectivity index (χ4v) is 1.47. The van der Waals surface area contributed by atoms with E-state index < -0.39 is 0 Å². The molecule has 0 bridgehead atoms. The lowest BCUT2D eigenvalue weighted by atomic mass is 10.3. The van der Waals surface area contributed by atoms with Crippen molar-refractivity contribution < 1.29 is 4.74 Å². The van der Waals surface area contributed by atoms with E-state index in [9.17, 15) is 0 Å². The lowest BCUT2D eigenvalue weighted by Gasteiger charge is -2.05. The minimum absolute atomic E-state index is 0.626. The summed E-state index contributed by atoms with van der Waals surface area (Å²) in [5.74, 6) is 1.42. The van der Waals surface area contributed by atoms with Gasteiger partial charge in [-0.1, -0.05) is 6.07 Å². The molecule has 2 N–H and O–H groups in total. The molecule has 4 nitrogen and oxygen atoms in total. The normalized spacial score (nSPS) is 10.3. The molecule has 4 heteroatoms. The third kappa shape index (κ3) is 1.79. The largest absolute Gasteiger partial charge is 0.497 e. The second-order valence-electron chi connectivity index (χ2n) is 3.32. The van der Waals surface area contributed by atoms with E-state index in [1.807, 2.05) is 37.3 Å². The Morgan fingerprint density at radius 3 is 2.73 bits per heavy atom. The van der Waals surface area contributed by atoms with Gasteiger partial charge in [-0.3, -0.25) is 0 Å². The summed E-state index contributed by atoms with van der Waals surface area (Å²) in [4.78, 5) is 0. The molecule has 15 heavy (non-hydrogen) atoms. The molecule has 0 aliphatic heterocycles. The smallest absolute Gasteiger partial charge is 0.127 e. The Labute approximate surface area is 88.3 Å². The molecule has 0 saturated heterocycles. The van der Waals surface area contributed by atoms with Crippen molar-refractivity contribution in [1.82, 2.24) is 9.78 Å². The zero-order valence-electron chi connectivity index (χ0n) is 8.77. The Morgan fingerprint density at radius 1 is 1.33 bits per heavy atom. The second kappa shape index (κ2) is 3.65. The van der Waals surface area contributed by atoms with Crippen molar-refractivity contribution in [2.75, 3.05) is 12.8 Å². The van der Waals surface area contributed by atoms with E-state index in [0.29, 0.717) is 5.82 Å². The summed E-state index contributed by atoms with van der Waals surface area (Å²) in [6.07, 6.45) is 0. The first-order chi connectivity index (χ1) is 7.20. The third-order valence-electron chi connectivity index (χ3n) is 2.16. The van der Waals surface area contributed by atoms with Gasteiger partial charge in [0.25, 0.3) is 0 Å². The fourth-order valence-electron chi connectivity index (χ4n) is 1.47. The van der Waals surface area contributed by atoms with Crippen LogP contribution in [0.4, 0.5) is 5.82 Å². The molecule has 1 aromatic heterocycles. The quantitative estimate of drug-likeness (QED) is 0.809. The zero-order chi connectivity index (χ0) is 10.8. The lowest BCUT2D eigenvalue weighted by molar-refractivity contribution is 0.414. The number of rotatable bonds is 2. The van der Waals surface area contributed by atoms with E-state index in [2.05, 4.69) is 5.10 Å². The first-order valence-electron chi connectivity index (χ1n) is 4.67. The van der Waals surface area contributed by atoms with Crippen molar-refractivity contribution in [2.24, 2.45) is 0 Å². The minimum atomic E-state index is 0.626. The van der Waals surface area contributed by atoms with Gasteiger partial charge in [0, 0.05) is 12.1 Å². The van der Waals surface area contributed by atoms with Crippen LogP contribution >= 0.6 is 0 Å². The van der Waals surface area contributed by atoms with Gasteiger partial charge in [-0.15, -0.1) is 0 Å². The van der Waals surface area contributed by atoms with Gasteiger partial charge >= 0.3 is 0 Å². The van der Waals surface area contributed by atoms with Gasteiger partial charge in [0.1, 0.15) is 11.6 Å². The lowest BCUT2D eigenvalue weighted by Crippen LogP contribution is -2.01. The van der Waals surface area contributed by atoms with Crippen molar-refractivity contribution in [3.63, 3.8) is 0 Å². The number of aryl methyl sites for hydroxylation is 1. The van der Waals surface area contributed by atoms with E-state index in [-0.39, 0.29) is 0 Å². The van der Waals surface area contributed by atoms with Gasteiger partial charge in [0.05, 0.1) is 18.5 Å². The predicted molar refractivity (Wildman–Crippen MR) is 59.3 cm³/mol. The van der Waals surface area contributed by atoms with Crippen LogP contribution in [0.2, 0.25) is 0 Å². The highest BCUT2D eigenvalue weighted by molar-refractivity contribution is 5.45. The van der Waals surface area contributed by atoms with Gasteiger partial charge < -0.3 is 10.5 Å².